The zero-order valence-corrected chi connectivity index (χ0v) is 9.17. The van der Waals surface area contributed by atoms with E-state index in [1.165, 1.54) is 0 Å². The lowest BCUT2D eigenvalue weighted by molar-refractivity contribution is 0.828. The normalized spacial score (nSPS) is 11.0. The molecule has 68 valence electrons. The predicted octanol–water partition coefficient (Wildman–Crippen LogP) is 2.29. The summed E-state index contributed by atoms with van der Waals surface area (Å²) in [5.41, 5.74) is 2.08. The Kier molecular flexibility index (Phi) is 2.07. The van der Waals surface area contributed by atoms with Crippen LogP contribution in [-0.2, 0) is 13.5 Å². The quantitative estimate of drug-likeness (QED) is 0.716. The van der Waals surface area contributed by atoms with Gasteiger partial charge in [0.1, 0.15) is 10.4 Å². The van der Waals surface area contributed by atoms with Crippen LogP contribution in [0, 0.1) is 0 Å². The molecule has 0 saturated heterocycles. The van der Waals surface area contributed by atoms with E-state index >= 15 is 0 Å². The molecule has 2 aromatic rings. The Labute approximate surface area is 84.9 Å². The van der Waals surface area contributed by atoms with Crippen molar-refractivity contribution < 1.29 is 0 Å². The number of aromatic nitrogens is 3. The van der Waals surface area contributed by atoms with Crippen molar-refractivity contribution >= 4 is 27.0 Å². The summed E-state index contributed by atoms with van der Waals surface area (Å²) in [6.45, 7) is 2.10. The van der Waals surface area contributed by atoms with Gasteiger partial charge in [-0.2, -0.15) is 0 Å². The number of hydrogen-bond acceptors (Lipinski definition) is 2. The number of halogens is 1. The summed E-state index contributed by atoms with van der Waals surface area (Å²) in [6, 6.07) is 1.94. The topological polar surface area (TPSA) is 30.7 Å². The minimum Gasteiger partial charge on any atom is -0.330 e. The Hall–Kier alpha value is -0.900. The molecule has 0 radical (unpaired) electrons. The maximum Gasteiger partial charge on any atom is 0.109 e. The lowest BCUT2D eigenvalue weighted by Gasteiger charge is -1.96. The summed E-state index contributed by atoms with van der Waals surface area (Å²) >= 11 is 3.33. The van der Waals surface area contributed by atoms with Crippen LogP contribution in [0.5, 0.6) is 0 Å². The molecule has 0 aliphatic heterocycles. The van der Waals surface area contributed by atoms with Crippen molar-refractivity contribution in [3.05, 3.63) is 22.7 Å². The molecule has 4 heteroatoms. The average Bonchev–Trinajstić information content (AvgIpc) is 2.42. The van der Waals surface area contributed by atoms with Gasteiger partial charge in [0.15, 0.2) is 0 Å². The number of rotatable bonds is 1. The first-order chi connectivity index (χ1) is 6.22. The molecule has 0 aromatic carbocycles. The summed E-state index contributed by atoms with van der Waals surface area (Å²) in [6.07, 6.45) is 2.79. The number of pyridine rings is 1. The fourth-order valence-electron chi connectivity index (χ4n) is 1.43. The van der Waals surface area contributed by atoms with Crippen molar-refractivity contribution in [3.8, 4) is 0 Å². The minimum atomic E-state index is 0.834. The first-order valence-corrected chi connectivity index (χ1v) is 4.98. The molecule has 2 aromatic heterocycles. The van der Waals surface area contributed by atoms with Gasteiger partial charge in [0.2, 0.25) is 0 Å². The van der Waals surface area contributed by atoms with Crippen molar-refractivity contribution in [1.29, 1.82) is 0 Å². The molecule has 0 bridgehead atoms. The Bertz CT molecular complexity index is 447. The van der Waals surface area contributed by atoms with Crippen molar-refractivity contribution in [2.75, 3.05) is 0 Å². The summed E-state index contributed by atoms with van der Waals surface area (Å²) in [4.78, 5) is 8.66. The van der Waals surface area contributed by atoms with Gasteiger partial charge in [-0.15, -0.1) is 0 Å². The number of nitrogens with zero attached hydrogens (tertiary/aromatic N) is 3. The number of fused-ring (bicyclic) bond motifs is 1. The zero-order valence-electron chi connectivity index (χ0n) is 7.58. The molecule has 0 saturated carbocycles. The van der Waals surface area contributed by atoms with E-state index in [1.807, 2.05) is 19.3 Å². The van der Waals surface area contributed by atoms with Crippen LogP contribution in [0.4, 0.5) is 0 Å². The summed E-state index contributed by atoms with van der Waals surface area (Å²) < 4.78 is 2.91. The molecular formula is C9H10BrN3. The third kappa shape index (κ3) is 1.35. The highest BCUT2D eigenvalue weighted by Gasteiger charge is 2.05. The predicted molar refractivity (Wildman–Crippen MR) is 55.6 cm³/mol. The van der Waals surface area contributed by atoms with Crippen molar-refractivity contribution in [3.63, 3.8) is 0 Å². The molecule has 0 aliphatic carbocycles. The highest BCUT2D eigenvalue weighted by molar-refractivity contribution is 9.10. The van der Waals surface area contributed by atoms with E-state index in [0.29, 0.717) is 0 Å². The van der Waals surface area contributed by atoms with Gasteiger partial charge in [0, 0.05) is 13.5 Å². The fraction of sp³-hybridized carbons (Fsp3) is 0.333. The van der Waals surface area contributed by atoms with Crippen LogP contribution >= 0.6 is 15.9 Å². The van der Waals surface area contributed by atoms with E-state index in [-0.39, 0.29) is 0 Å². The van der Waals surface area contributed by atoms with Gasteiger partial charge in [0.25, 0.3) is 0 Å². The van der Waals surface area contributed by atoms with E-state index in [4.69, 9.17) is 0 Å². The van der Waals surface area contributed by atoms with Gasteiger partial charge in [-0.05, 0) is 22.0 Å². The molecule has 2 rings (SSSR count). The zero-order chi connectivity index (χ0) is 9.42. The van der Waals surface area contributed by atoms with Crippen LogP contribution in [-0.4, -0.2) is 14.5 Å². The Balaban J connectivity index is 2.76. The number of imidazole rings is 1. The van der Waals surface area contributed by atoms with E-state index in [0.717, 1.165) is 27.9 Å². The summed E-state index contributed by atoms with van der Waals surface area (Å²) in [5.74, 6) is 1.09. The molecule has 0 aliphatic rings. The van der Waals surface area contributed by atoms with Gasteiger partial charge in [-0.3, -0.25) is 0 Å². The van der Waals surface area contributed by atoms with Gasteiger partial charge in [-0.25, -0.2) is 9.97 Å². The molecule has 13 heavy (non-hydrogen) atoms. The van der Waals surface area contributed by atoms with Crippen LogP contribution in [0.25, 0.3) is 11.0 Å². The largest absolute Gasteiger partial charge is 0.330 e. The second kappa shape index (κ2) is 3.10. The lowest BCUT2D eigenvalue weighted by Crippen LogP contribution is -1.94. The molecule has 0 fully saturated rings. The molecule has 0 spiro atoms. The highest BCUT2D eigenvalue weighted by atomic mass is 79.9. The van der Waals surface area contributed by atoms with E-state index in [9.17, 15) is 0 Å². The smallest absolute Gasteiger partial charge is 0.109 e. The van der Waals surface area contributed by atoms with E-state index < -0.39 is 0 Å². The molecule has 0 amide bonds. The summed E-state index contributed by atoms with van der Waals surface area (Å²) in [7, 11) is 2.02. The van der Waals surface area contributed by atoms with Gasteiger partial charge in [-0.1, -0.05) is 6.92 Å². The van der Waals surface area contributed by atoms with Gasteiger partial charge < -0.3 is 4.57 Å². The van der Waals surface area contributed by atoms with E-state index in [1.54, 1.807) is 0 Å². The summed E-state index contributed by atoms with van der Waals surface area (Å²) in [5, 5.41) is 0. The SMILES string of the molecule is CCc1nc2cc(Br)ncc2n1C. The Morgan fingerprint density at radius 2 is 2.31 bits per heavy atom. The van der Waals surface area contributed by atoms with Crippen LogP contribution in [0.2, 0.25) is 0 Å². The second-order valence-corrected chi connectivity index (χ2v) is 3.75. The molecule has 0 N–H and O–H groups in total. The van der Waals surface area contributed by atoms with Crippen LogP contribution < -0.4 is 0 Å². The molecule has 0 unspecified atom stereocenters. The Morgan fingerprint density at radius 1 is 1.54 bits per heavy atom. The Morgan fingerprint density at radius 3 is 3.00 bits per heavy atom. The molecule has 0 atom stereocenters. The average molecular weight is 240 g/mol. The van der Waals surface area contributed by atoms with Crippen molar-refractivity contribution in [1.82, 2.24) is 14.5 Å². The van der Waals surface area contributed by atoms with E-state index in [2.05, 4.69) is 37.4 Å². The first kappa shape index (κ1) is 8.69. The maximum absolute atomic E-state index is 4.48. The lowest BCUT2D eigenvalue weighted by atomic mass is 10.4. The maximum atomic E-state index is 4.48. The van der Waals surface area contributed by atoms with Crippen LogP contribution in [0.1, 0.15) is 12.7 Å². The van der Waals surface area contributed by atoms with Gasteiger partial charge in [0.05, 0.1) is 17.2 Å². The fourth-order valence-corrected chi connectivity index (χ4v) is 1.75. The third-order valence-corrected chi connectivity index (χ3v) is 2.58. The van der Waals surface area contributed by atoms with Gasteiger partial charge >= 0.3 is 0 Å². The third-order valence-electron chi connectivity index (χ3n) is 2.14. The standard InChI is InChI=1S/C9H10BrN3/c1-3-9-12-6-4-8(10)11-5-7(6)13(9)2/h4-5H,3H2,1-2H3. The highest BCUT2D eigenvalue weighted by Crippen LogP contribution is 2.17. The molecule has 3 nitrogen and oxygen atoms in total. The van der Waals surface area contributed by atoms with Crippen LogP contribution in [0.3, 0.4) is 0 Å². The second-order valence-electron chi connectivity index (χ2n) is 2.94. The van der Waals surface area contributed by atoms with Crippen molar-refractivity contribution in [2.45, 2.75) is 13.3 Å². The molecule has 2 heterocycles. The minimum absolute atomic E-state index is 0.834. The first-order valence-electron chi connectivity index (χ1n) is 4.19. The monoisotopic (exact) mass is 239 g/mol. The molecular weight excluding hydrogens is 230 g/mol. The number of hydrogen-bond donors (Lipinski definition) is 0. The van der Waals surface area contributed by atoms with Crippen LogP contribution in [0.15, 0.2) is 16.9 Å². The number of aryl methyl sites for hydroxylation is 2. The van der Waals surface area contributed by atoms with Crippen molar-refractivity contribution in [2.24, 2.45) is 7.05 Å².